The molecule has 0 atom stereocenters. The molecule has 0 aliphatic heterocycles. The lowest BCUT2D eigenvalue weighted by atomic mass is 10.2. The Kier molecular flexibility index (Phi) is 17.9. The van der Waals surface area contributed by atoms with Crippen molar-refractivity contribution < 1.29 is 19.0 Å². The molecule has 0 aliphatic rings. The second kappa shape index (κ2) is 17.5. The first kappa shape index (κ1) is 24.4. The van der Waals surface area contributed by atoms with E-state index in [1.165, 1.54) is 19.1 Å². The van der Waals surface area contributed by atoms with Gasteiger partial charge in [-0.25, -0.2) is 4.79 Å². The van der Waals surface area contributed by atoms with Gasteiger partial charge < -0.3 is 14.2 Å². The predicted octanol–water partition coefficient (Wildman–Crippen LogP) is 4.32. The third kappa shape index (κ3) is 12.7. The van der Waals surface area contributed by atoms with Crippen molar-refractivity contribution in [1.29, 1.82) is 0 Å². The fourth-order valence-corrected chi connectivity index (χ4v) is 1.60. The Labute approximate surface area is 147 Å². The first-order valence-corrected chi connectivity index (χ1v) is 8.17. The minimum absolute atomic E-state index is 0.259. The van der Waals surface area contributed by atoms with E-state index in [-0.39, 0.29) is 13.2 Å². The van der Waals surface area contributed by atoms with Crippen LogP contribution in [0.2, 0.25) is 0 Å². The second-order valence-electron chi connectivity index (χ2n) is 4.69. The Balaban J connectivity index is 0. The maximum Gasteiger partial charge on any atom is 0.410 e. The van der Waals surface area contributed by atoms with Gasteiger partial charge in [-0.2, -0.15) is 0 Å². The van der Waals surface area contributed by atoms with Crippen LogP contribution < -0.4 is 0 Å². The molecule has 0 bridgehead atoms. The zero-order chi connectivity index (χ0) is 18.8. The summed E-state index contributed by atoms with van der Waals surface area (Å²) in [6, 6.07) is 0. The molecule has 0 N–H and O–H groups in total. The number of rotatable bonds is 11. The number of amides is 1. The average molecular weight is 339 g/mol. The largest absolute Gasteiger partial charge is 0.445 e. The number of carbonyl (C=O) groups is 1. The summed E-state index contributed by atoms with van der Waals surface area (Å²) in [7, 11) is 3.04. The summed E-state index contributed by atoms with van der Waals surface area (Å²) < 4.78 is 15.5. The van der Waals surface area contributed by atoms with Crippen molar-refractivity contribution in [3.63, 3.8) is 0 Å². The smallest absolute Gasteiger partial charge is 0.410 e. The summed E-state index contributed by atoms with van der Waals surface area (Å²) in [6.45, 7) is 13.9. The molecule has 0 saturated carbocycles. The molecular formula is C19H33NO4. The fraction of sp³-hybridized carbons (Fsp3) is 0.579. The average Bonchev–Trinajstić information content (AvgIpc) is 2.62. The molecule has 0 aromatic carbocycles. The SMILES string of the molecule is C=C=CCN(CC(OC)OC)C(=O)OC/C(C)=C/CCC=C.CC. The van der Waals surface area contributed by atoms with Gasteiger partial charge in [0.15, 0.2) is 6.29 Å². The summed E-state index contributed by atoms with van der Waals surface area (Å²) in [6.07, 6.45) is 6.41. The van der Waals surface area contributed by atoms with E-state index >= 15 is 0 Å². The third-order valence-electron chi connectivity index (χ3n) is 2.90. The highest BCUT2D eigenvalue weighted by molar-refractivity contribution is 5.68. The van der Waals surface area contributed by atoms with E-state index in [4.69, 9.17) is 14.2 Å². The summed E-state index contributed by atoms with van der Waals surface area (Å²) in [5.74, 6) is 0. The van der Waals surface area contributed by atoms with Gasteiger partial charge in [-0.3, -0.25) is 4.90 Å². The molecule has 0 rings (SSSR count). The lowest BCUT2D eigenvalue weighted by Crippen LogP contribution is -2.39. The van der Waals surface area contributed by atoms with Crippen LogP contribution in [-0.2, 0) is 14.2 Å². The number of ether oxygens (including phenoxy) is 3. The van der Waals surface area contributed by atoms with Gasteiger partial charge in [0.1, 0.15) is 6.61 Å². The Morgan fingerprint density at radius 2 is 1.88 bits per heavy atom. The topological polar surface area (TPSA) is 48.0 Å². The van der Waals surface area contributed by atoms with Crippen LogP contribution in [0.3, 0.4) is 0 Å². The van der Waals surface area contributed by atoms with E-state index in [9.17, 15) is 4.79 Å². The maximum atomic E-state index is 12.1. The maximum absolute atomic E-state index is 12.1. The quantitative estimate of drug-likeness (QED) is 0.243. The number of allylic oxidation sites excluding steroid dienone is 2. The first-order valence-electron chi connectivity index (χ1n) is 8.17. The molecule has 0 saturated heterocycles. The molecule has 0 fully saturated rings. The minimum Gasteiger partial charge on any atom is -0.445 e. The van der Waals surface area contributed by atoms with E-state index < -0.39 is 12.4 Å². The van der Waals surface area contributed by atoms with E-state index in [1.54, 1.807) is 6.08 Å². The van der Waals surface area contributed by atoms with Gasteiger partial charge in [0.25, 0.3) is 0 Å². The number of hydrogen-bond acceptors (Lipinski definition) is 4. The van der Waals surface area contributed by atoms with Crippen LogP contribution >= 0.6 is 0 Å². The summed E-state index contributed by atoms with van der Waals surface area (Å²) in [5.41, 5.74) is 3.64. The van der Waals surface area contributed by atoms with Gasteiger partial charge in [-0.05, 0) is 31.4 Å². The van der Waals surface area contributed by atoms with Crippen LogP contribution in [0, 0.1) is 0 Å². The van der Waals surface area contributed by atoms with Gasteiger partial charge in [-0.1, -0.05) is 32.6 Å². The lowest BCUT2D eigenvalue weighted by molar-refractivity contribution is -0.112. The predicted molar refractivity (Wildman–Crippen MR) is 99.0 cm³/mol. The van der Waals surface area contributed by atoms with Crippen LogP contribution in [0.25, 0.3) is 0 Å². The van der Waals surface area contributed by atoms with Crippen molar-refractivity contribution in [3.8, 4) is 0 Å². The van der Waals surface area contributed by atoms with Gasteiger partial charge in [0.2, 0.25) is 0 Å². The first-order chi connectivity index (χ1) is 11.6. The number of unbranched alkanes of at least 4 members (excludes halogenated alkanes) is 1. The Morgan fingerprint density at radius 3 is 2.38 bits per heavy atom. The monoisotopic (exact) mass is 339 g/mol. The van der Waals surface area contributed by atoms with Crippen molar-refractivity contribution in [1.82, 2.24) is 4.90 Å². The molecule has 0 aromatic rings. The summed E-state index contributed by atoms with van der Waals surface area (Å²) >= 11 is 0. The molecule has 0 heterocycles. The molecule has 24 heavy (non-hydrogen) atoms. The zero-order valence-electron chi connectivity index (χ0n) is 15.8. The van der Waals surface area contributed by atoms with E-state index in [1.807, 2.05) is 32.9 Å². The van der Waals surface area contributed by atoms with Crippen LogP contribution in [-0.4, -0.2) is 51.2 Å². The highest BCUT2D eigenvalue weighted by Crippen LogP contribution is 2.04. The van der Waals surface area contributed by atoms with Gasteiger partial charge in [0, 0.05) is 20.8 Å². The van der Waals surface area contributed by atoms with Crippen molar-refractivity contribution >= 4 is 6.09 Å². The summed E-state index contributed by atoms with van der Waals surface area (Å²) in [5, 5.41) is 0. The fourth-order valence-electron chi connectivity index (χ4n) is 1.60. The van der Waals surface area contributed by atoms with Crippen LogP contribution in [0.1, 0.15) is 33.6 Å². The molecular weight excluding hydrogens is 306 g/mol. The zero-order valence-corrected chi connectivity index (χ0v) is 15.8. The van der Waals surface area contributed by atoms with E-state index in [2.05, 4.69) is 18.9 Å². The number of hydrogen-bond donors (Lipinski definition) is 0. The summed E-state index contributed by atoms with van der Waals surface area (Å²) in [4.78, 5) is 13.6. The Hall–Kier alpha value is -1.81. The molecule has 5 heteroatoms. The van der Waals surface area contributed by atoms with Crippen LogP contribution in [0.4, 0.5) is 4.79 Å². The Bertz CT molecular complexity index is 408. The number of methoxy groups -OCH3 is 2. The molecule has 0 aromatic heterocycles. The van der Waals surface area contributed by atoms with Gasteiger partial charge in [0.05, 0.1) is 6.54 Å². The standard InChI is InChI=1S/C17H27NO4.C2H6/c1-6-8-10-11-15(3)14-22-17(19)18(12-9-7-2)13-16(20-4)21-5;1-2/h6,9,11,16H,1-2,8,10,12-14H2,3-5H3;1-2H3/b15-11+;. The molecule has 138 valence electrons. The van der Waals surface area contributed by atoms with Gasteiger partial charge in [-0.15, -0.1) is 12.3 Å². The third-order valence-corrected chi connectivity index (χ3v) is 2.90. The molecule has 5 nitrogen and oxygen atoms in total. The normalized spacial score (nSPS) is 10.3. The van der Waals surface area contributed by atoms with Crippen molar-refractivity contribution in [2.75, 3.05) is 33.9 Å². The molecule has 0 spiro atoms. The van der Waals surface area contributed by atoms with Gasteiger partial charge >= 0.3 is 6.09 Å². The highest BCUT2D eigenvalue weighted by Gasteiger charge is 2.18. The number of carbonyl (C=O) groups excluding carboxylic acids is 1. The molecule has 0 unspecified atom stereocenters. The highest BCUT2D eigenvalue weighted by atomic mass is 16.7. The van der Waals surface area contributed by atoms with E-state index in [0.29, 0.717) is 6.54 Å². The van der Waals surface area contributed by atoms with Crippen molar-refractivity contribution in [2.45, 2.75) is 39.9 Å². The molecule has 0 radical (unpaired) electrons. The lowest BCUT2D eigenvalue weighted by Gasteiger charge is -2.24. The van der Waals surface area contributed by atoms with E-state index in [0.717, 1.165) is 18.4 Å². The molecule has 0 aliphatic carbocycles. The van der Waals surface area contributed by atoms with Crippen LogP contribution in [0.5, 0.6) is 0 Å². The number of nitrogens with zero attached hydrogens (tertiary/aromatic N) is 1. The Morgan fingerprint density at radius 1 is 1.25 bits per heavy atom. The van der Waals surface area contributed by atoms with Crippen molar-refractivity contribution in [2.24, 2.45) is 0 Å². The van der Waals surface area contributed by atoms with Crippen molar-refractivity contribution in [3.05, 3.63) is 42.7 Å². The molecule has 1 amide bonds. The minimum atomic E-state index is -0.505. The van der Waals surface area contributed by atoms with Crippen LogP contribution in [0.15, 0.2) is 42.7 Å². The second-order valence-corrected chi connectivity index (χ2v) is 4.69.